The number of fused-ring (bicyclic) bond motifs is 1. The topological polar surface area (TPSA) is 176 Å². The molecule has 1 fully saturated rings. The number of nitrogens with two attached hydrogens (primary N) is 1. The number of oxime groups is 1. The Balaban J connectivity index is 0.00000324. The van der Waals surface area contributed by atoms with Crippen molar-refractivity contribution in [3.05, 3.63) is 33.3 Å². The molecule has 3 aliphatic rings. The second-order valence-corrected chi connectivity index (χ2v) is 9.88. The molecule has 4 rings (SSSR count). The number of carboxylic acid groups (broad SMARTS) is 1. The molecule has 2 amide bonds. The maximum atomic E-state index is 12.8. The van der Waals surface area contributed by atoms with Gasteiger partial charge in [-0.1, -0.05) is 5.16 Å². The number of nitrogens with zero attached hydrogens (tertiary/aromatic N) is 3. The number of nitrogen functional groups attached to an aromatic ring is 1. The Morgan fingerprint density at radius 3 is 2.82 bits per heavy atom. The number of hydrogen-bond acceptors (Lipinski definition) is 13. The molecule has 3 aliphatic heterocycles. The zero-order valence-electron chi connectivity index (χ0n) is 17.9. The number of carbonyl (C=O) groups excluding carboxylic acids is 4. The van der Waals surface area contributed by atoms with Gasteiger partial charge in [0.15, 0.2) is 10.8 Å². The molecule has 34 heavy (non-hydrogen) atoms. The normalized spacial score (nSPS) is 21.7. The van der Waals surface area contributed by atoms with Crippen LogP contribution in [0.4, 0.5) is 5.13 Å². The minimum atomic E-state index is -1.49. The first-order valence-corrected chi connectivity index (χ1v) is 12.2. The molecule has 2 atom stereocenters. The number of nitrogens with one attached hydrogen (secondary N) is 1. The van der Waals surface area contributed by atoms with Gasteiger partial charge < -0.3 is 30.5 Å². The number of hydrogen-bond donors (Lipinski definition) is 2. The van der Waals surface area contributed by atoms with Gasteiger partial charge in [-0.15, -0.1) is 34.9 Å². The van der Waals surface area contributed by atoms with Gasteiger partial charge in [0.2, 0.25) is 0 Å². The molecule has 1 aromatic rings. The monoisotopic (exact) mass is 533 g/mol. The summed E-state index contributed by atoms with van der Waals surface area (Å²) in [6, 6.07) is -0.968. The first-order valence-electron chi connectivity index (χ1n) is 9.31. The Kier molecular flexibility index (Phi) is 8.70. The summed E-state index contributed by atoms with van der Waals surface area (Å²) in [5.41, 5.74) is 6.12. The van der Waals surface area contributed by atoms with E-state index in [1.165, 1.54) is 42.1 Å². The van der Waals surface area contributed by atoms with E-state index in [0.717, 1.165) is 21.8 Å². The van der Waals surface area contributed by atoms with E-state index >= 15 is 0 Å². The molecule has 3 N–H and O–H groups in total. The number of thioether (sulfide) groups is 2. The van der Waals surface area contributed by atoms with Crippen molar-refractivity contribution < 1.29 is 63.4 Å². The van der Waals surface area contributed by atoms with E-state index in [2.05, 4.69) is 15.5 Å². The fraction of sp³-hybridized carbons (Fsp3) is 0.333. The van der Waals surface area contributed by atoms with Gasteiger partial charge >= 0.3 is 35.5 Å². The smallest absolute Gasteiger partial charge is 0.543 e. The van der Waals surface area contributed by atoms with E-state index in [9.17, 15) is 24.3 Å². The average Bonchev–Trinajstić information content (AvgIpc) is 3.40. The number of ether oxygens (including phenoxy) is 1. The van der Waals surface area contributed by atoms with Gasteiger partial charge in [-0.3, -0.25) is 14.5 Å². The van der Waals surface area contributed by atoms with Crippen LogP contribution in [0.3, 0.4) is 0 Å². The number of anilines is 1. The minimum absolute atomic E-state index is 0. The molecule has 12 nitrogen and oxygen atoms in total. The zero-order chi connectivity index (χ0) is 23.7. The number of carboxylic acids is 1. The van der Waals surface area contributed by atoms with Crippen molar-refractivity contribution in [1.82, 2.24) is 15.2 Å². The van der Waals surface area contributed by atoms with Crippen LogP contribution in [0.15, 0.2) is 32.8 Å². The Hall–Kier alpha value is -2.04. The number of rotatable bonds is 8. The molecule has 16 heteroatoms. The second kappa shape index (κ2) is 11.1. The van der Waals surface area contributed by atoms with E-state index in [4.69, 9.17) is 15.3 Å². The Morgan fingerprint density at radius 1 is 1.47 bits per heavy atom. The predicted molar refractivity (Wildman–Crippen MR) is 119 cm³/mol. The Labute approximate surface area is 227 Å². The Bertz CT molecular complexity index is 1130. The number of aliphatic carboxylic acids is 1. The predicted octanol–water partition coefficient (Wildman–Crippen LogP) is -4.34. The molecular weight excluding hydrogens is 517 g/mol. The van der Waals surface area contributed by atoms with Crippen molar-refractivity contribution in [2.45, 2.75) is 11.4 Å². The molecule has 174 valence electrons. The van der Waals surface area contributed by atoms with Crippen LogP contribution in [0.25, 0.3) is 0 Å². The van der Waals surface area contributed by atoms with Crippen LogP contribution in [0, 0.1) is 0 Å². The second-order valence-electron chi connectivity index (χ2n) is 6.81. The largest absolute Gasteiger partial charge is 1.00 e. The minimum Gasteiger partial charge on any atom is -0.543 e. The first kappa shape index (κ1) is 26.6. The SMILES string of the molecule is CO/N=C(\C(=O)N[C@@H]1C(=O)N2C(C(=O)[O-])=C(SCC3=CC(=O)OC3)CS[C@H]12)c1csc(N)n1.[Na+]. The summed E-state index contributed by atoms with van der Waals surface area (Å²) in [6.45, 7) is 0.155. The molecule has 0 radical (unpaired) electrons. The number of amides is 2. The molecule has 0 unspecified atom stereocenters. The van der Waals surface area contributed by atoms with E-state index in [0.29, 0.717) is 16.4 Å². The van der Waals surface area contributed by atoms with E-state index in [1.807, 2.05) is 0 Å². The molecule has 1 saturated heterocycles. The van der Waals surface area contributed by atoms with Gasteiger partial charge in [-0.2, -0.15) is 0 Å². The third kappa shape index (κ3) is 5.28. The molecule has 0 aliphatic carbocycles. The molecule has 0 bridgehead atoms. The van der Waals surface area contributed by atoms with Crippen molar-refractivity contribution in [1.29, 1.82) is 0 Å². The first-order chi connectivity index (χ1) is 15.8. The maximum absolute atomic E-state index is 12.8. The van der Waals surface area contributed by atoms with Crippen molar-refractivity contribution in [2.75, 3.05) is 31.0 Å². The van der Waals surface area contributed by atoms with Crippen LogP contribution in [0.2, 0.25) is 0 Å². The van der Waals surface area contributed by atoms with Crippen LogP contribution in [0.5, 0.6) is 0 Å². The number of esters is 1. The molecule has 0 saturated carbocycles. The zero-order valence-corrected chi connectivity index (χ0v) is 22.4. The van der Waals surface area contributed by atoms with Gasteiger partial charge in [0.1, 0.15) is 30.8 Å². The average molecular weight is 534 g/mol. The van der Waals surface area contributed by atoms with E-state index in [-0.39, 0.29) is 58.4 Å². The van der Waals surface area contributed by atoms with E-state index < -0.39 is 35.2 Å². The summed E-state index contributed by atoms with van der Waals surface area (Å²) in [7, 11) is 1.26. The quantitative estimate of drug-likeness (QED) is 0.109. The van der Waals surface area contributed by atoms with Gasteiger partial charge in [-0.25, -0.2) is 9.78 Å². The number of thiazole rings is 1. The summed E-state index contributed by atoms with van der Waals surface area (Å²) in [5.74, 6) is -2.60. The van der Waals surface area contributed by atoms with Crippen molar-refractivity contribution >= 4 is 69.5 Å². The third-order valence-electron chi connectivity index (χ3n) is 4.73. The molecule has 0 aromatic carbocycles. The molecule has 0 spiro atoms. The van der Waals surface area contributed by atoms with Crippen molar-refractivity contribution in [3.63, 3.8) is 0 Å². The number of aromatic nitrogens is 1. The van der Waals surface area contributed by atoms with Gasteiger partial charge in [-0.05, 0) is 5.57 Å². The van der Waals surface area contributed by atoms with Gasteiger partial charge in [0.25, 0.3) is 11.8 Å². The molecule has 4 heterocycles. The summed E-state index contributed by atoms with van der Waals surface area (Å²) in [4.78, 5) is 58.8. The van der Waals surface area contributed by atoms with Crippen molar-refractivity contribution in [2.24, 2.45) is 5.16 Å². The van der Waals surface area contributed by atoms with Crippen molar-refractivity contribution in [3.8, 4) is 0 Å². The summed E-state index contributed by atoms with van der Waals surface area (Å²) >= 11 is 3.62. The Morgan fingerprint density at radius 2 is 2.24 bits per heavy atom. The van der Waals surface area contributed by atoms with Gasteiger partial charge in [0.05, 0.1) is 11.7 Å². The van der Waals surface area contributed by atoms with Crippen LogP contribution in [0.1, 0.15) is 5.69 Å². The summed E-state index contributed by atoms with van der Waals surface area (Å²) in [5, 5.41) is 19.2. The van der Waals surface area contributed by atoms with Gasteiger partial charge in [0, 0.05) is 27.9 Å². The fourth-order valence-corrected chi connectivity index (χ4v) is 6.39. The number of β-lactam (4-membered cyclic amide) rings is 1. The maximum Gasteiger partial charge on any atom is 1.00 e. The number of carbonyl (C=O) groups is 4. The summed E-state index contributed by atoms with van der Waals surface area (Å²) < 4.78 is 4.84. The molecule has 1 aromatic heterocycles. The number of cyclic esters (lactones) is 1. The fourth-order valence-electron chi connectivity index (χ4n) is 3.27. The van der Waals surface area contributed by atoms with Crippen LogP contribution < -0.4 is 45.7 Å². The van der Waals surface area contributed by atoms with Crippen LogP contribution in [-0.2, 0) is 28.8 Å². The third-order valence-corrected chi connectivity index (χ3v) is 8.07. The summed E-state index contributed by atoms with van der Waals surface area (Å²) in [6.07, 6.45) is 1.36. The van der Waals surface area contributed by atoms with Crippen LogP contribution in [-0.4, -0.2) is 76.0 Å². The van der Waals surface area contributed by atoms with Crippen LogP contribution >= 0.6 is 34.9 Å². The van der Waals surface area contributed by atoms with E-state index in [1.54, 1.807) is 0 Å². The standard InChI is InChI=1S/C18H17N5O7S3.Na/c1-29-22-11(8-5-33-18(19)20-8)14(25)21-12-15(26)23-13(17(27)28)9(6-32-16(12)23)31-4-7-2-10(24)30-3-7;/h2,5,12,16H,3-4,6H2,1H3,(H2,19,20)(H,21,25)(H,27,28);/q;+1/p-1/b22-11-;/t12-,16-;/m1./s1. The molecular formula is C18H16N5NaO7S3.